The number of pyridine rings is 1. The van der Waals surface area contributed by atoms with Crippen molar-refractivity contribution in [2.24, 2.45) is 11.7 Å². The summed E-state index contributed by atoms with van der Waals surface area (Å²) in [6.45, 7) is 2.67. The van der Waals surface area contributed by atoms with E-state index in [1.807, 2.05) is 26.1 Å². The molecule has 1 saturated carbocycles. The highest BCUT2D eigenvalue weighted by molar-refractivity contribution is 5.54. The van der Waals surface area contributed by atoms with E-state index < -0.39 is 0 Å². The van der Waals surface area contributed by atoms with E-state index in [1.165, 1.54) is 19.3 Å². The highest BCUT2D eigenvalue weighted by Gasteiger charge is 2.29. The Bertz CT molecular complexity index is 478. The van der Waals surface area contributed by atoms with Crippen molar-refractivity contribution in [2.45, 2.75) is 38.6 Å². The average Bonchev–Trinajstić information content (AvgIpc) is 2.46. The molecule has 1 aromatic heterocycles. The first kappa shape index (κ1) is 13.8. The maximum absolute atomic E-state index is 9.24. The van der Waals surface area contributed by atoms with Crippen LogP contribution in [-0.4, -0.2) is 24.6 Å². The van der Waals surface area contributed by atoms with Crippen molar-refractivity contribution in [3.05, 3.63) is 23.4 Å². The van der Waals surface area contributed by atoms with Gasteiger partial charge in [0.15, 0.2) is 0 Å². The Morgan fingerprint density at radius 2 is 2.16 bits per heavy atom. The lowest BCUT2D eigenvalue weighted by molar-refractivity contribution is 0.305. The molecule has 1 fully saturated rings. The molecule has 1 heterocycles. The number of nitriles is 1. The van der Waals surface area contributed by atoms with Crippen LogP contribution in [0.5, 0.6) is 0 Å². The zero-order valence-electron chi connectivity index (χ0n) is 11.8. The fourth-order valence-electron chi connectivity index (χ4n) is 3.03. The molecule has 1 aliphatic carbocycles. The highest BCUT2D eigenvalue weighted by atomic mass is 15.2. The Balaban J connectivity index is 2.30. The smallest absolute Gasteiger partial charge is 0.146 e. The van der Waals surface area contributed by atoms with Crippen molar-refractivity contribution in [2.75, 3.05) is 18.5 Å². The van der Waals surface area contributed by atoms with E-state index in [0.29, 0.717) is 24.1 Å². The van der Waals surface area contributed by atoms with E-state index in [4.69, 9.17) is 5.73 Å². The predicted molar refractivity (Wildman–Crippen MR) is 76.9 cm³/mol. The zero-order valence-corrected chi connectivity index (χ0v) is 11.8. The minimum atomic E-state index is 0.403. The van der Waals surface area contributed by atoms with E-state index in [9.17, 15) is 5.26 Å². The van der Waals surface area contributed by atoms with Gasteiger partial charge in [-0.15, -0.1) is 0 Å². The normalized spacial score (nSPS) is 22.8. The molecular formula is C15H22N4. The summed E-state index contributed by atoms with van der Waals surface area (Å²) >= 11 is 0. The molecule has 0 amide bonds. The molecule has 2 N–H and O–H groups in total. The molecule has 0 aliphatic heterocycles. The van der Waals surface area contributed by atoms with Gasteiger partial charge in [-0.05, 0) is 44.4 Å². The van der Waals surface area contributed by atoms with Crippen LogP contribution < -0.4 is 10.6 Å². The summed E-state index contributed by atoms with van der Waals surface area (Å²) in [5.41, 5.74) is 7.49. The number of aromatic nitrogens is 1. The van der Waals surface area contributed by atoms with Crippen LogP contribution in [0.2, 0.25) is 0 Å². The second-order valence-corrected chi connectivity index (χ2v) is 5.39. The first-order chi connectivity index (χ1) is 9.17. The molecule has 1 aliphatic rings. The number of nitrogens with zero attached hydrogens (tertiary/aromatic N) is 3. The SMILES string of the molecule is Cc1ccc(C#N)c(N(C)C2CCCCC2CN)n1. The molecule has 0 bridgehead atoms. The second kappa shape index (κ2) is 6.03. The van der Waals surface area contributed by atoms with Crippen LogP contribution in [0.4, 0.5) is 5.82 Å². The third kappa shape index (κ3) is 2.87. The van der Waals surface area contributed by atoms with Gasteiger partial charge >= 0.3 is 0 Å². The van der Waals surface area contributed by atoms with Gasteiger partial charge in [0.1, 0.15) is 11.9 Å². The summed E-state index contributed by atoms with van der Waals surface area (Å²) in [4.78, 5) is 6.72. The number of hydrogen-bond donors (Lipinski definition) is 1. The van der Waals surface area contributed by atoms with E-state index in [0.717, 1.165) is 17.9 Å². The van der Waals surface area contributed by atoms with Crippen LogP contribution >= 0.6 is 0 Å². The lowest BCUT2D eigenvalue weighted by Gasteiger charge is -2.38. The van der Waals surface area contributed by atoms with Gasteiger partial charge in [-0.25, -0.2) is 4.98 Å². The fourth-order valence-corrected chi connectivity index (χ4v) is 3.03. The standard InChI is InChI=1S/C15H22N4/c1-11-7-8-13(10-17)15(18-11)19(2)14-6-4-3-5-12(14)9-16/h7-8,12,14H,3-6,9,16H2,1-2H3. The molecule has 2 atom stereocenters. The fraction of sp³-hybridized carbons (Fsp3) is 0.600. The summed E-state index contributed by atoms with van der Waals surface area (Å²) in [5.74, 6) is 1.31. The van der Waals surface area contributed by atoms with Crippen molar-refractivity contribution in [3.63, 3.8) is 0 Å². The second-order valence-electron chi connectivity index (χ2n) is 5.39. The Morgan fingerprint density at radius 1 is 1.42 bits per heavy atom. The molecule has 1 aromatic rings. The lowest BCUT2D eigenvalue weighted by Crippen LogP contribution is -2.43. The molecule has 0 spiro atoms. The van der Waals surface area contributed by atoms with Crippen LogP contribution in [0, 0.1) is 24.2 Å². The van der Waals surface area contributed by atoms with Gasteiger partial charge in [-0.2, -0.15) is 5.26 Å². The molecule has 0 aromatic carbocycles. The van der Waals surface area contributed by atoms with E-state index in [1.54, 1.807) is 0 Å². The third-order valence-corrected chi connectivity index (χ3v) is 4.14. The van der Waals surface area contributed by atoms with Gasteiger partial charge in [0, 0.05) is 18.8 Å². The Hall–Kier alpha value is -1.60. The van der Waals surface area contributed by atoms with Gasteiger partial charge < -0.3 is 10.6 Å². The average molecular weight is 258 g/mol. The van der Waals surface area contributed by atoms with Crippen LogP contribution in [0.15, 0.2) is 12.1 Å². The van der Waals surface area contributed by atoms with Gasteiger partial charge in [0.2, 0.25) is 0 Å². The molecule has 4 heteroatoms. The van der Waals surface area contributed by atoms with Gasteiger partial charge in [-0.3, -0.25) is 0 Å². The first-order valence-corrected chi connectivity index (χ1v) is 6.98. The quantitative estimate of drug-likeness (QED) is 0.902. The third-order valence-electron chi connectivity index (χ3n) is 4.14. The number of aryl methyl sites for hydroxylation is 1. The topological polar surface area (TPSA) is 65.9 Å². The van der Waals surface area contributed by atoms with Crippen molar-refractivity contribution in [1.29, 1.82) is 5.26 Å². The number of rotatable bonds is 3. The van der Waals surface area contributed by atoms with E-state index in [2.05, 4.69) is 16.0 Å². The molecule has 19 heavy (non-hydrogen) atoms. The first-order valence-electron chi connectivity index (χ1n) is 6.98. The molecule has 2 unspecified atom stereocenters. The van der Waals surface area contributed by atoms with Gasteiger partial charge in [-0.1, -0.05) is 12.8 Å². The minimum absolute atomic E-state index is 0.403. The maximum Gasteiger partial charge on any atom is 0.146 e. The predicted octanol–water partition coefficient (Wildman–Crippen LogP) is 2.22. The number of anilines is 1. The highest BCUT2D eigenvalue weighted by Crippen LogP contribution is 2.30. The minimum Gasteiger partial charge on any atom is -0.355 e. The van der Waals surface area contributed by atoms with Crippen molar-refractivity contribution in [1.82, 2.24) is 4.98 Å². The van der Waals surface area contributed by atoms with Crippen molar-refractivity contribution < 1.29 is 0 Å². The molecule has 4 nitrogen and oxygen atoms in total. The summed E-state index contributed by atoms with van der Waals surface area (Å²) in [6, 6.07) is 6.38. The summed E-state index contributed by atoms with van der Waals surface area (Å²) in [6.07, 6.45) is 4.82. The summed E-state index contributed by atoms with van der Waals surface area (Å²) < 4.78 is 0. The lowest BCUT2D eigenvalue weighted by atomic mass is 9.83. The van der Waals surface area contributed by atoms with Gasteiger partial charge in [0.25, 0.3) is 0 Å². The Kier molecular flexibility index (Phi) is 4.39. The van der Waals surface area contributed by atoms with Crippen molar-refractivity contribution in [3.8, 4) is 6.07 Å². The summed E-state index contributed by atoms with van der Waals surface area (Å²) in [5, 5.41) is 9.24. The largest absolute Gasteiger partial charge is 0.355 e. The Labute approximate surface area is 115 Å². The van der Waals surface area contributed by atoms with Crippen molar-refractivity contribution >= 4 is 5.82 Å². The monoisotopic (exact) mass is 258 g/mol. The molecular weight excluding hydrogens is 236 g/mol. The zero-order chi connectivity index (χ0) is 13.8. The summed E-state index contributed by atoms with van der Waals surface area (Å²) in [7, 11) is 2.04. The number of hydrogen-bond acceptors (Lipinski definition) is 4. The van der Waals surface area contributed by atoms with Crippen LogP contribution in [0.3, 0.4) is 0 Å². The molecule has 2 rings (SSSR count). The van der Waals surface area contributed by atoms with Crippen LogP contribution in [-0.2, 0) is 0 Å². The molecule has 0 radical (unpaired) electrons. The number of nitrogens with two attached hydrogens (primary N) is 1. The maximum atomic E-state index is 9.24. The van der Waals surface area contributed by atoms with Crippen LogP contribution in [0.1, 0.15) is 36.9 Å². The molecule has 102 valence electrons. The van der Waals surface area contributed by atoms with Crippen LogP contribution in [0.25, 0.3) is 0 Å². The van der Waals surface area contributed by atoms with Gasteiger partial charge in [0.05, 0.1) is 5.56 Å². The van der Waals surface area contributed by atoms with E-state index in [-0.39, 0.29) is 0 Å². The molecule has 0 saturated heterocycles. The Morgan fingerprint density at radius 3 is 2.84 bits per heavy atom. The van der Waals surface area contributed by atoms with E-state index >= 15 is 0 Å².